The summed E-state index contributed by atoms with van der Waals surface area (Å²) in [5.74, 6) is -0.243. The molecule has 0 radical (unpaired) electrons. The van der Waals surface area contributed by atoms with Crippen molar-refractivity contribution in [2.75, 3.05) is 5.33 Å². The van der Waals surface area contributed by atoms with Crippen LogP contribution in [0.4, 0.5) is 0 Å². The quantitative estimate of drug-likeness (QED) is 0.608. The Labute approximate surface area is 83.7 Å². The van der Waals surface area contributed by atoms with Gasteiger partial charge >= 0.3 is 5.97 Å². The average molecular weight is 249 g/mol. The maximum absolute atomic E-state index is 10.9. The molecule has 0 fully saturated rings. The fourth-order valence-corrected chi connectivity index (χ4v) is 1.78. The molecule has 4 heteroatoms. The molecule has 66 valence electrons. The number of ether oxygens (including phenoxy) is 1. The number of aryl methyl sites for hydroxylation is 1. The molecule has 0 unspecified atom stereocenters. The lowest BCUT2D eigenvalue weighted by Crippen LogP contribution is -2.08. The highest BCUT2D eigenvalue weighted by atomic mass is 79.9. The lowest BCUT2D eigenvalue weighted by Gasteiger charge is -2.00. The van der Waals surface area contributed by atoms with Gasteiger partial charge in [-0.15, -0.1) is 11.3 Å². The smallest absolute Gasteiger partial charge is 0.322 e. The second-order valence-electron chi connectivity index (χ2n) is 2.19. The van der Waals surface area contributed by atoms with Gasteiger partial charge in [0.2, 0.25) is 0 Å². The van der Waals surface area contributed by atoms with Gasteiger partial charge in [0, 0.05) is 5.56 Å². The van der Waals surface area contributed by atoms with Crippen molar-refractivity contribution in [2.45, 2.75) is 13.3 Å². The minimum atomic E-state index is -0.243. The van der Waals surface area contributed by atoms with E-state index in [1.165, 1.54) is 11.3 Å². The summed E-state index contributed by atoms with van der Waals surface area (Å²) in [6.07, 6.45) is 0.897. The molecule has 0 aromatic carbocycles. The summed E-state index contributed by atoms with van der Waals surface area (Å²) in [6.45, 7) is 2.04. The monoisotopic (exact) mass is 248 g/mol. The summed E-state index contributed by atoms with van der Waals surface area (Å²) in [7, 11) is 0. The Morgan fingerprint density at radius 3 is 3.08 bits per heavy atom. The summed E-state index contributed by atoms with van der Waals surface area (Å²) in [6, 6.07) is 1.97. The van der Waals surface area contributed by atoms with E-state index < -0.39 is 0 Å². The number of carbonyl (C=O) groups is 1. The van der Waals surface area contributed by atoms with Gasteiger partial charge in [-0.25, -0.2) is 0 Å². The van der Waals surface area contributed by atoms with Crippen molar-refractivity contribution in [3.05, 3.63) is 17.0 Å². The van der Waals surface area contributed by atoms with Gasteiger partial charge in [0.05, 0.1) is 0 Å². The molecule has 2 nitrogen and oxygen atoms in total. The third-order valence-corrected chi connectivity index (χ3v) is 2.69. The second-order valence-corrected chi connectivity index (χ2v) is 3.63. The Hall–Kier alpha value is -0.350. The van der Waals surface area contributed by atoms with Crippen molar-refractivity contribution in [1.29, 1.82) is 0 Å². The molecular formula is C8H9BrO2S. The molecule has 0 aliphatic rings. The first kappa shape index (κ1) is 9.74. The molecule has 0 saturated carbocycles. The second kappa shape index (κ2) is 4.62. The predicted octanol–water partition coefficient (Wildman–Crippen LogP) is 2.61. The Morgan fingerprint density at radius 1 is 1.75 bits per heavy atom. The zero-order chi connectivity index (χ0) is 8.97. The SMILES string of the molecule is CCc1ccsc1OC(=O)CBr. The number of alkyl halides is 1. The molecule has 0 bridgehead atoms. The van der Waals surface area contributed by atoms with E-state index in [0.717, 1.165) is 17.0 Å². The minimum Gasteiger partial charge on any atom is -0.414 e. The van der Waals surface area contributed by atoms with E-state index in [9.17, 15) is 4.79 Å². The van der Waals surface area contributed by atoms with Crippen molar-refractivity contribution in [1.82, 2.24) is 0 Å². The lowest BCUT2D eigenvalue weighted by atomic mass is 10.3. The van der Waals surface area contributed by atoms with Crippen LogP contribution in [0.25, 0.3) is 0 Å². The van der Waals surface area contributed by atoms with Gasteiger partial charge in [-0.2, -0.15) is 0 Å². The summed E-state index contributed by atoms with van der Waals surface area (Å²) in [5, 5.41) is 2.89. The van der Waals surface area contributed by atoms with Crippen LogP contribution in [0.2, 0.25) is 0 Å². The molecule has 12 heavy (non-hydrogen) atoms. The number of halogens is 1. The molecule has 1 rings (SSSR count). The van der Waals surface area contributed by atoms with Crippen LogP contribution in [0.5, 0.6) is 5.06 Å². The highest BCUT2D eigenvalue weighted by Gasteiger charge is 2.07. The van der Waals surface area contributed by atoms with E-state index in [4.69, 9.17) is 4.74 Å². The van der Waals surface area contributed by atoms with Crippen molar-refractivity contribution in [3.8, 4) is 5.06 Å². The first-order valence-electron chi connectivity index (χ1n) is 3.61. The minimum absolute atomic E-state index is 0.243. The number of thiophene rings is 1. The first-order valence-corrected chi connectivity index (χ1v) is 5.61. The molecule has 0 aliphatic heterocycles. The number of hydrogen-bond acceptors (Lipinski definition) is 3. The molecule has 0 aliphatic carbocycles. The molecule has 0 atom stereocenters. The Morgan fingerprint density at radius 2 is 2.50 bits per heavy atom. The van der Waals surface area contributed by atoms with Gasteiger partial charge in [-0.1, -0.05) is 22.9 Å². The van der Waals surface area contributed by atoms with Crippen molar-refractivity contribution in [2.24, 2.45) is 0 Å². The topological polar surface area (TPSA) is 26.3 Å². The Kier molecular flexibility index (Phi) is 3.75. The maximum atomic E-state index is 10.9. The Balaban J connectivity index is 2.68. The maximum Gasteiger partial charge on any atom is 0.322 e. The van der Waals surface area contributed by atoms with Crippen LogP contribution in [0, 0.1) is 0 Å². The highest BCUT2D eigenvalue weighted by molar-refractivity contribution is 9.09. The summed E-state index contributed by atoms with van der Waals surface area (Å²) >= 11 is 4.49. The van der Waals surface area contributed by atoms with Crippen LogP contribution in [0.1, 0.15) is 12.5 Å². The zero-order valence-corrected chi connectivity index (χ0v) is 9.07. The summed E-state index contributed by atoms with van der Waals surface area (Å²) in [5.41, 5.74) is 1.09. The largest absolute Gasteiger partial charge is 0.414 e. The van der Waals surface area contributed by atoms with Crippen LogP contribution in [0.15, 0.2) is 11.4 Å². The lowest BCUT2D eigenvalue weighted by molar-refractivity contribution is -0.131. The van der Waals surface area contributed by atoms with Crippen molar-refractivity contribution in [3.63, 3.8) is 0 Å². The summed E-state index contributed by atoms with van der Waals surface area (Å²) in [4.78, 5) is 10.9. The van der Waals surface area contributed by atoms with Gasteiger partial charge in [0.15, 0.2) is 5.06 Å². The molecule has 1 aromatic heterocycles. The van der Waals surface area contributed by atoms with Crippen molar-refractivity contribution >= 4 is 33.2 Å². The van der Waals surface area contributed by atoms with Gasteiger partial charge in [0.1, 0.15) is 5.33 Å². The molecule has 0 N–H and O–H groups in total. The third-order valence-electron chi connectivity index (χ3n) is 1.40. The molecule has 0 saturated heterocycles. The molecular weight excluding hydrogens is 240 g/mol. The average Bonchev–Trinajstić information content (AvgIpc) is 2.51. The van der Waals surface area contributed by atoms with Crippen LogP contribution < -0.4 is 4.74 Å². The first-order chi connectivity index (χ1) is 5.77. The van der Waals surface area contributed by atoms with Crippen LogP contribution in [0.3, 0.4) is 0 Å². The fraction of sp³-hybridized carbons (Fsp3) is 0.375. The van der Waals surface area contributed by atoms with Gasteiger partial charge in [-0.3, -0.25) is 4.79 Å². The predicted molar refractivity (Wildman–Crippen MR) is 53.1 cm³/mol. The van der Waals surface area contributed by atoms with E-state index in [0.29, 0.717) is 0 Å². The van der Waals surface area contributed by atoms with E-state index in [1.54, 1.807) is 0 Å². The van der Waals surface area contributed by atoms with E-state index in [1.807, 2.05) is 18.4 Å². The van der Waals surface area contributed by atoms with Crippen molar-refractivity contribution < 1.29 is 9.53 Å². The van der Waals surface area contributed by atoms with E-state index >= 15 is 0 Å². The number of rotatable bonds is 3. The molecule has 1 aromatic rings. The van der Waals surface area contributed by atoms with Gasteiger partial charge in [0.25, 0.3) is 0 Å². The Bertz CT molecular complexity index is 270. The highest BCUT2D eigenvalue weighted by Crippen LogP contribution is 2.26. The number of esters is 1. The van der Waals surface area contributed by atoms with Gasteiger partial charge < -0.3 is 4.74 Å². The molecule has 0 amide bonds. The van der Waals surface area contributed by atoms with E-state index in [2.05, 4.69) is 15.9 Å². The van der Waals surface area contributed by atoms with Crippen LogP contribution in [-0.4, -0.2) is 11.3 Å². The molecule has 1 heterocycles. The zero-order valence-electron chi connectivity index (χ0n) is 6.67. The number of hydrogen-bond donors (Lipinski definition) is 0. The van der Waals surface area contributed by atoms with Gasteiger partial charge in [-0.05, 0) is 17.9 Å². The standard InChI is InChI=1S/C8H9BrO2S/c1-2-6-3-4-12-8(6)11-7(10)5-9/h3-4H,2,5H2,1H3. The van der Waals surface area contributed by atoms with Crippen LogP contribution >= 0.6 is 27.3 Å². The number of carbonyl (C=O) groups excluding carboxylic acids is 1. The third kappa shape index (κ3) is 2.32. The van der Waals surface area contributed by atoms with E-state index in [-0.39, 0.29) is 11.3 Å². The fourth-order valence-electron chi connectivity index (χ4n) is 0.804. The normalized spacial score (nSPS) is 9.83. The molecule has 0 spiro atoms. The van der Waals surface area contributed by atoms with Crippen LogP contribution in [-0.2, 0) is 11.2 Å². The summed E-state index contributed by atoms with van der Waals surface area (Å²) < 4.78 is 5.06.